The van der Waals surface area contributed by atoms with E-state index in [0.29, 0.717) is 4.47 Å². The number of benzene rings is 1. The average molecular weight is 349 g/mol. The van der Waals surface area contributed by atoms with Crippen LogP contribution in [0.4, 0.5) is 4.39 Å². The third kappa shape index (κ3) is 2.71. The van der Waals surface area contributed by atoms with Crippen LogP contribution < -0.4 is 0 Å². The van der Waals surface area contributed by atoms with E-state index < -0.39 is 11.4 Å². The molecular formula is C14H16BrClFNO. The molecule has 2 nitrogen and oxygen atoms in total. The van der Waals surface area contributed by atoms with Crippen molar-refractivity contribution in [2.45, 2.75) is 32.2 Å². The van der Waals surface area contributed by atoms with Crippen molar-refractivity contribution in [1.29, 1.82) is 0 Å². The second-order valence-electron chi connectivity index (χ2n) is 5.31. The van der Waals surface area contributed by atoms with Gasteiger partial charge in [0.2, 0.25) is 0 Å². The molecule has 0 bridgehead atoms. The average Bonchev–Trinajstić information content (AvgIpc) is 2.90. The molecule has 1 aromatic rings. The number of carbonyl (C=O) groups excluding carboxylic acids is 1. The molecule has 0 saturated carbocycles. The van der Waals surface area contributed by atoms with Crippen molar-refractivity contribution < 1.29 is 9.18 Å². The zero-order chi connectivity index (χ0) is 14.2. The number of carbonyl (C=O) groups is 1. The summed E-state index contributed by atoms with van der Waals surface area (Å²) in [5, 5.41) is -0.0388. The van der Waals surface area contributed by atoms with Gasteiger partial charge >= 0.3 is 0 Å². The van der Waals surface area contributed by atoms with Gasteiger partial charge in [0.25, 0.3) is 0 Å². The van der Waals surface area contributed by atoms with E-state index in [1.165, 1.54) is 6.07 Å². The predicted molar refractivity (Wildman–Crippen MR) is 78.3 cm³/mol. The van der Waals surface area contributed by atoms with Crippen molar-refractivity contribution in [1.82, 2.24) is 4.90 Å². The molecule has 0 atom stereocenters. The Morgan fingerprint density at radius 2 is 1.95 bits per heavy atom. The smallest absolute Gasteiger partial charge is 0.185 e. The molecule has 1 aromatic carbocycles. The summed E-state index contributed by atoms with van der Waals surface area (Å²) in [6.07, 6.45) is 2.17. The van der Waals surface area contributed by atoms with Crippen molar-refractivity contribution in [2.24, 2.45) is 0 Å². The first-order chi connectivity index (χ1) is 8.85. The molecule has 1 fully saturated rings. The Balaban J connectivity index is 2.36. The van der Waals surface area contributed by atoms with Crippen LogP contribution in [0.25, 0.3) is 0 Å². The summed E-state index contributed by atoms with van der Waals surface area (Å²) in [6, 6.07) is 3.10. The van der Waals surface area contributed by atoms with E-state index in [1.807, 2.05) is 13.8 Å². The molecule has 2 rings (SSSR count). The lowest BCUT2D eigenvalue weighted by molar-refractivity contribution is 0.0698. The minimum atomic E-state index is -0.700. The van der Waals surface area contributed by atoms with Crippen molar-refractivity contribution in [3.05, 3.63) is 33.0 Å². The Kier molecular flexibility index (Phi) is 4.33. The lowest BCUT2D eigenvalue weighted by Crippen LogP contribution is -2.48. The Morgan fingerprint density at radius 1 is 1.37 bits per heavy atom. The van der Waals surface area contributed by atoms with Crippen molar-refractivity contribution in [2.75, 3.05) is 13.1 Å². The van der Waals surface area contributed by atoms with Gasteiger partial charge in [-0.1, -0.05) is 11.6 Å². The highest BCUT2D eigenvalue weighted by atomic mass is 79.9. The van der Waals surface area contributed by atoms with Crippen LogP contribution in [0.5, 0.6) is 0 Å². The summed E-state index contributed by atoms with van der Waals surface area (Å²) < 4.78 is 14.6. The van der Waals surface area contributed by atoms with Gasteiger partial charge in [-0.05, 0) is 67.8 Å². The zero-order valence-electron chi connectivity index (χ0n) is 11.0. The van der Waals surface area contributed by atoms with Crippen molar-refractivity contribution in [3.8, 4) is 0 Å². The van der Waals surface area contributed by atoms with Gasteiger partial charge in [-0.25, -0.2) is 4.39 Å². The summed E-state index contributed by atoms with van der Waals surface area (Å²) in [5.41, 5.74) is -0.640. The molecule has 5 heteroatoms. The Morgan fingerprint density at radius 3 is 2.53 bits per heavy atom. The molecule has 1 heterocycles. The van der Waals surface area contributed by atoms with Crippen LogP contribution in [0.1, 0.15) is 37.0 Å². The highest BCUT2D eigenvalue weighted by molar-refractivity contribution is 9.10. The molecule has 0 aliphatic carbocycles. The van der Waals surface area contributed by atoms with Crippen LogP contribution in [0, 0.1) is 5.82 Å². The fraction of sp³-hybridized carbons (Fsp3) is 0.500. The van der Waals surface area contributed by atoms with Crippen LogP contribution >= 0.6 is 27.5 Å². The Bertz CT molecular complexity index is 512. The molecule has 0 radical (unpaired) electrons. The number of halogens is 3. The highest BCUT2D eigenvalue weighted by Gasteiger charge is 2.38. The van der Waals surface area contributed by atoms with E-state index in [4.69, 9.17) is 11.6 Å². The Labute approximate surface area is 126 Å². The van der Waals surface area contributed by atoms with Gasteiger partial charge in [0.1, 0.15) is 0 Å². The fourth-order valence-corrected chi connectivity index (χ4v) is 2.92. The first-order valence-electron chi connectivity index (χ1n) is 6.29. The number of rotatable bonds is 3. The summed E-state index contributed by atoms with van der Waals surface area (Å²) in [4.78, 5) is 14.7. The number of likely N-dealkylation sites (tertiary alicyclic amines) is 1. The summed E-state index contributed by atoms with van der Waals surface area (Å²) in [7, 11) is 0. The van der Waals surface area contributed by atoms with Crippen LogP contribution in [0.3, 0.4) is 0 Å². The maximum absolute atomic E-state index is 14.1. The predicted octanol–water partition coefficient (Wildman–Crippen LogP) is 4.30. The SMILES string of the molecule is CC(C)(C(=O)c1ccc(Br)c(Cl)c1F)N1CCCC1. The van der Waals surface area contributed by atoms with Crippen molar-refractivity contribution in [3.63, 3.8) is 0 Å². The topological polar surface area (TPSA) is 20.3 Å². The van der Waals surface area contributed by atoms with Crippen LogP contribution in [-0.2, 0) is 0 Å². The number of hydrogen-bond acceptors (Lipinski definition) is 2. The molecule has 0 amide bonds. The molecule has 0 spiro atoms. The van der Waals surface area contributed by atoms with E-state index in [-0.39, 0.29) is 16.4 Å². The van der Waals surface area contributed by atoms with Gasteiger partial charge in [-0.2, -0.15) is 0 Å². The van der Waals surface area contributed by atoms with Crippen LogP contribution in [-0.4, -0.2) is 29.3 Å². The zero-order valence-corrected chi connectivity index (χ0v) is 13.3. The molecule has 0 aromatic heterocycles. The molecule has 104 valence electrons. The van der Waals surface area contributed by atoms with Gasteiger partial charge in [-0.3, -0.25) is 9.69 Å². The summed E-state index contributed by atoms with van der Waals surface area (Å²) in [5.74, 6) is -0.866. The normalized spacial score (nSPS) is 16.9. The maximum atomic E-state index is 14.1. The molecule has 0 unspecified atom stereocenters. The fourth-order valence-electron chi connectivity index (χ4n) is 2.45. The van der Waals surface area contributed by atoms with E-state index in [2.05, 4.69) is 20.8 Å². The van der Waals surface area contributed by atoms with Gasteiger partial charge in [0.15, 0.2) is 11.6 Å². The minimum absolute atomic E-state index is 0.0388. The minimum Gasteiger partial charge on any atom is -0.292 e. The first-order valence-corrected chi connectivity index (χ1v) is 7.46. The first kappa shape index (κ1) is 14.9. The molecule has 19 heavy (non-hydrogen) atoms. The lowest BCUT2D eigenvalue weighted by atomic mass is 9.91. The molecular weight excluding hydrogens is 333 g/mol. The second-order valence-corrected chi connectivity index (χ2v) is 6.54. The van der Waals surface area contributed by atoms with Gasteiger partial charge in [0, 0.05) is 4.47 Å². The number of nitrogens with zero attached hydrogens (tertiary/aromatic N) is 1. The van der Waals surface area contributed by atoms with Crippen LogP contribution in [0.2, 0.25) is 5.02 Å². The van der Waals surface area contributed by atoms with Crippen molar-refractivity contribution >= 4 is 33.3 Å². The number of ketones is 1. The second kappa shape index (κ2) is 5.51. The quantitative estimate of drug-likeness (QED) is 0.599. The third-order valence-electron chi connectivity index (χ3n) is 3.73. The van der Waals surface area contributed by atoms with Gasteiger partial charge in [0.05, 0.1) is 16.1 Å². The summed E-state index contributed by atoms with van der Waals surface area (Å²) in [6.45, 7) is 5.45. The number of Topliss-reactive ketones (excluding diaryl/α,β-unsaturated/α-hetero) is 1. The highest BCUT2D eigenvalue weighted by Crippen LogP contribution is 2.31. The number of hydrogen-bond donors (Lipinski definition) is 0. The van der Waals surface area contributed by atoms with E-state index in [9.17, 15) is 9.18 Å². The lowest BCUT2D eigenvalue weighted by Gasteiger charge is -2.34. The van der Waals surface area contributed by atoms with E-state index >= 15 is 0 Å². The van der Waals surface area contributed by atoms with E-state index in [1.54, 1.807) is 6.07 Å². The standard InChI is InChI=1S/C14H16BrClFNO/c1-14(2,18-7-3-4-8-18)13(19)9-5-6-10(15)11(16)12(9)17/h5-6H,3-4,7-8H2,1-2H3. The van der Waals surface area contributed by atoms with E-state index in [0.717, 1.165) is 25.9 Å². The maximum Gasteiger partial charge on any atom is 0.185 e. The Hall–Kier alpha value is -0.450. The largest absolute Gasteiger partial charge is 0.292 e. The molecule has 1 aliphatic heterocycles. The summed E-state index contributed by atoms with van der Waals surface area (Å²) >= 11 is 9.00. The third-order valence-corrected chi connectivity index (χ3v) is 4.99. The molecule has 1 aliphatic rings. The molecule has 1 saturated heterocycles. The van der Waals surface area contributed by atoms with Gasteiger partial charge in [-0.15, -0.1) is 0 Å². The van der Waals surface area contributed by atoms with Crippen LogP contribution in [0.15, 0.2) is 16.6 Å². The molecule has 0 N–H and O–H groups in total. The monoisotopic (exact) mass is 347 g/mol. The van der Waals surface area contributed by atoms with Gasteiger partial charge < -0.3 is 0 Å².